The molecule has 13 heteroatoms. The maximum absolute atomic E-state index is 11.0. The van der Waals surface area contributed by atoms with Gasteiger partial charge in [0.25, 0.3) is 0 Å². The van der Waals surface area contributed by atoms with E-state index in [1.165, 1.54) is 14.2 Å². The number of nitrogens with zero attached hydrogens (tertiary/aromatic N) is 5. The zero-order valence-corrected chi connectivity index (χ0v) is 19.5. The van der Waals surface area contributed by atoms with E-state index in [2.05, 4.69) is 24.7 Å². The average Bonchev–Trinajstić information content (AvgIpc) is 3.19. The highest BCUT2D eigenvalue weighted by Crippen LogP contribution is 2.38. The van der Waals surface area contributed by atoms with Crippen LogP contribution in [0.5, 0.6) is 17.4 Å². The molecule has 0 fully saturated rings. The number of rotatable bonds is 9. The molecule has 0 aliphatic heterocycles. The first-order valence-corrected chi connectivity index (χ1v) is 11.2. The summed E-state index contributed by atoms with van der Waals surface area (Å²) in [5, 5.41) is 0. The molecule has 3 aromatic heterocycles. The minimum atomic E-state index is -2.50. The van der Waals surface area contributed by atoms with Crippen molar-refractivity contribution in [1.82, 2.24) is 29.2 Å². The average molecular weight is 485 g/mol. The number of nitrogen functional groups attached to an aromatic ring is 1. The molecule has 4 rings (SSSR count). The molecular formula is C21H22N7O5S-. The van der Waals surface area contributed by atoms with E-state index in [0.29, 0.717) is 46.8 Å². The van der Waals surface area contributed by atoms with Crippen molar-refractivity contribution < 1.29 is 23.0 Å². The summed E-state index contributed by atoms with van der Waals surface area (Å²) in [6, 6.07) is 10.6. The van der Waals surface area contributed by atoms with Crippen molar-refractivity contribution in [3.05, 3.63) is 42.1 Å². The van der Waals surface area contributed by atoms with E-state index in [4.69, 9.17) is 19.9 Å². The Morgan fingerprint density at radius 3 is 2.41 bits per heavy atom. The third kappa shape index (κ3) is 4.48. The molecule has 0 saturated carbocycles. The summed E-state index contributed by atoms with van der Waals surface area (Å²) < 4.78 is 42.7. The maximum atomic E-state index is 11.0. The number of methoxy groups -OCH3 is 2. The van der Waals surface area contributed by atoms with Crippen molar-refractivity contribution in [2.24, 2.45) is 0 Å². The number of nitrogens with two attached hydrogens (primary N) is 1. The van der Waals surface area contributed by atoms with Gasteiger partial charge in [-0.05, 0) is 25.1 Å². The van der Waals surface area contributed by atoms with E-state index in [1.807, 2.05) is 6.92 Å². The number of para-hydroxylation sites is 1. The van der Waals surface area contributed by atoms with Crippen LogP contribution in [0.4, 0.5) is 5.82 Å². The second-order valence-corrected chi connectivity index (χ2v) is 7.59. The first-order valence-electron chi connectivity index (χ1n) is 10.2. The van der Waals surface area contributed by atoms with Crippen LogP contribution in [-0.4, -0.2) is 54.1 Å². The molecule has 3 N–H and O–H groups in total. The summed E-state index contributed by atoms with van der Waals surface area (Å²) in [5.41, 5.74) is 7.81. The van der Waals surface area contributed by atoms with Crippen molar-refractivity contribution in [3.63, 3.8) is 0 Å². The number of imidazole rings is 1. The third-order valence-electron chi connectivity index (χ3n) is 4.83. The Morgan fingerprint density at radius 2 is 1.76 bits per heavy atom. The van der Waals surface area contributed by atoms with Gasteiger partial charge < -0.3 is 24.5 Å². The number of nitrogens with one attached hydrogen (secondary N) is 1. The molecule has 34 heavy (non-hydrogen) atoms. The quantitative estimate of drug-likeness (QED) is 0.335. The molecule has 0 aliphatic carbocycles. The Hall–Kier alpha value is -3.81. The Balaban J connectivity index is 2.05. The minimum absolute atomic E-state index is 0.0460. The van der Waals surface area contributed by atoms with E-state index in [1.54, 1.807) is 41.0 Å². The summed E-state index contributed by atoms with van der Waals surface area (Å²) in [7, 11) is 3.07. The van der Waals surface area contributed by atoms with Crippen LogP contribution in [0.2, 0.25) is 0 Å². The molecule has 1 unspecified atom stereocenters. The highest BCUT2D eigenvalue weighted by atomic mass is 32.2. The summed E-state index contributed by atoms with van der Waals surface area (Å²) in [4.78, 5) is 18.2. The summed E-state index contributed by atoms with van der Waals surface area (Å²) in [5.74, 6) is 1.83. The van der Waals surface area contributed by atoms with Crippen LogP contribution >= 0.6 is 0 Å². The SMILES string of the molecule is CCOc1cccc(-c2nc3nc(N)c(CNS(=O)[O-])nc3n2-c2c(OC)cccc2OC)n1. The van der Waals surface area contributed by atoms with Gasteiger partial charge in [0.1, 0.15) is 28.7 Å². The van der Waals surface area contributed by atoms with E-state index in [9.17, 15) is 8.76 Å². The third-order valence-corrected chi connectivity index (χ3v) is 5.21. The topological polar surface area (TPSA) is 162 Å². The van der Waals surface area contributed by atoms with Crippen LogP contribution in [0.3, 0.4) is 0 Å². The van der Waals surface area contributed by atoms with Gasteiger partial charge in [-0.15, -0.1) is 0 Å². The molecule has 0 bridgehead atoms. The van der Waals surface area contributed by atoms with Crippen LogP contribution in [0.1, 0.15) is 12.6 Å². The van der Waals surface area contributed by atoms with Gasteiger partial charge in [0.15, 0.2) is 17.1 Å². The first-order chi connectivity index (χ1) is 16.5. The van der Waals surface area contributed by atoms with Crippen molar-refractivity contribution >= 4 is 28.4 Å². The second kappa shape index (κ2) is 9.99. The first kappa shape index (κ1) is 23.4. The van der Waals surface area contributed by atoms with E-state index >= 15 is 0 Å². The standard InChI is InChI=1S/C21H23N7O5S/c1-4-33-16-10-5-7-12(24-16)20-27-19-21(25-13(18(22)26-19)11-23-34(29)30)28(20)17-14(31-2)8-6-9-15(17)32-3/h5-10,23H,4,11H2,1-3H3,(H2,22,26)(H,29,30)/p-1. The van der Waals surface area contributed by atoms with Gasteiger partial charge >= 0.3 is 0 Å². The molecule has 1 atom stereocenters. The predicted molar refractivity (Wildman–Crippen MR) is 124 cm³/mol. The normalized spacial score (nSPS) is 12.0. The largest absolute Gasteiger partial charge is 0.760 e. The second-order valence-electron chi connectivity index (χ2n) is 6.83. The highest BCUT2D eigenvalue weighted by Gasteiger charge is 2.24. The number of fused-ring (bicyclic) bond motifs is 1. The lowest BCUT2D eigenvalue weighted by Gasteiger charge is -2.16. The number of aromatic nitrogens is 5. The molecular weight excluding hydrogens is 462 g/mol. The lowest BCUT2D eigenvalue weighted by molar-refractivity contribution is 0.327. The minimum Gasteiger partial charge on any atom is -0.760 e. The van der Waals surface area contributed by atoms with Gasteiger partial charge in [0.2, 0.25) is 5.88 Å². The summed E-state index contributed by atoms with van der Waals surface area (Å²) >= 11 is -2.50. The van der Waals surface area contributed by atoms with Crippen molar-refractivity contribution in [3.8, 4) is 34.6 Å². The number of ether oxygens (including phenoxy) is 3. The van der Waals surface area contributed by atoms with Gasteiger partial charge in [-0.1, -0.05) is 12.1 Å². The fourth-order valence-corrected chi connectivity index (χ4v) is 3.65. The fourth-order valence-electron chi connectivity index (χ4n) is 3.40. The van der Waals surface area contributed by atoms with Crippen LogP contribution < -0.4 is 24.7 Å². The van der Waals surface area contributed by atoms with Crippen LogP contribution in [0.25, 0.3) is 28.5 Å². The lowest BCUT2D eigenvalue weighted by Crippen LogP contribution is -2.18. The Labute approximate surface area is 197 Å². The molecule has 0 radical (unpaired) electrons. The fraction of sp³-hybridized carbons (Fsp3) is 0.238. The maximum Gasteiger partial charge on any atom is 0.213 e. The summed E-state index contributed by atoms with van der Waals surface area (Å²) in [6.45, 7) is 2.17. The van der Waals surface area contributed by atoms with E-state index in [-0.39, 0.29) is 23.7 Å². The summed E-state index contributed by atoms with van der Waals surface area (Å²) in [6.07, 6.45) is 0. The zero-order valence-electron chi connectivity index (χ0n) is 18.6. The smallest absolute Gasteiger partial charge is 0.213 e. The van der Waals surface area contributed by atoms with Gasteiger partial charge in [-0.3, -0.25) is 8.78 Å². The van der Waals surface area contributed by atoms with Crippen molar-refractivity contribution in [1.29, 1.82) is 0 Å². The molecule has 4 aromatic rings. The Kier molecular flexibility index (Phi) is 6.86. The number of hydrogen-bond acceptors (Lipinski definition) is 10. The molecule has 3 heterocycles. The molecule has 1 aromatic carbocycles. The Bertz CT molecular complexity index is 1340. The number of benzene rings is 1. The number of pyridine rings is 1. The Morgan fingerprint density at radius 1 is 1.06 bits per heavy atom. The van der Waals surface area contributed by atoms with Crippen LogP contribution in [0, 0.1) is 0 Å². The van der Waals surface area contributed by atoms with Crippen LogP contribution in [0.15, 0.2) is 36.4 Å². The number of hydrogen-bond donors (Lipinski definition) is 2. The lowest BCUT2D eigenvalue weighted by atomic mass is 10.2. The van der Waals surface area contributed by atoms with Gasteiger partial charge in [0, 0.05) is 17.3 Å². The predicted octanol–water partition coefficient (Wildman–Crippen LogP) is 1.76. The highest BCUT2D eigenvalue weighted by molar-refractivity contribution is 7.77. The van der Waals surface area contributed by atoms with Gasteiger partial charge in [0.05, 0.1) is 33.1 Å². The van der Waals surface area contributed by atoms with E-state index < -0.39 is 11.3 Å². The molecule has 12 nitrogen and oxygen atoms in total. The van der Waals surface area contributed by atoms with Crippen LogP contribution in [-0.2, 0) is 17.8 Å². The molecule has 0 saturated heterocycles. The monoisotopic (exact) mass is 484 g/mol. The van der Waals surface area contributed by atoms with Crippen molar-refractivity contribution in [2.45, 2.75) is 13.5 Å². The van der Waals surface area contributed by atoms with Gasteiger partial charge in [-0.25, -0.2) is 24.7 Å². The molecule has 178 valence electrons. The molecule has 0 spiro atoms. The van der Waals surface area contributed by atoms with Gasteiger partial charge in [-0.2, -0.15) is 0 Å². The van der Waals surface area contributed by atoms with Crippen molar-refractivity contribution in [2.75, 3.05) is 26.6 Å². The number of anilines is 1. The molecule has 0 aliphatic rings. The zero-order chi connectivity index (χ0) is 24.2. The molecule has 0 amide bonds. The van der Waals surface area contributed by atoms with E-state index in [0.717, 1.165) is 0 Å².